The van der Waals surface area contributed by atoms with Crippen molar-refractivity contribution in [3.05, 3.63) is 48.2 Å². The summed E-state index contributed by atoms with van der Waals surface area (Å²) in [7, 11) is 0. The van der Waals surface area contributed by atoms with Gasteiger partial charge in [-0.05, 0) is 32.9 Å². The van der Waals surface area contributed by atoms with Crippen molar-refractivity contribution in [2.45, 2.75) is 26.8 Å². The Kier molecular flexibility index (Phi) is 3.19. The topological polar surface area (TPSA) is 4.93 Å². The molecule has 1 nitrogen and oxygen atoms in total. The highest BCUT2D eigenvalue weighted by atomic mass is 15.0. The van der Waals surface area contributed by atoms with Crippen LogP contribution in [0.1, 0.15) is 38.1 Å². The molecule has 2 aromatic rings. The second-order valence-corrected chi connectivity index (χ2v) is 4.48. The summed E-state index contributed by atoms with van der Waals surface area (Å²) in [6.07, 6.45) is 6.20. The molecule has 2 rings (SSSR count). The Balaban J connectivity index is 2.92. The molecule has 1 aromatic heterocycles. The molecule has 88 valence electrons. The maximum absolute atomic E-state index is 3.95. The molecule has 1 heterocycles. The molecule has 0 bridgehead atoms. The van der Waals surface area contributed by atoms with Gasteiger partial charge in [0.05, 0.1) is 0 Å². The Morgan fingerprint density at radius 1 is 1.24 bits per heavy atom. The van der Waals surface area contributed by atoms with Crippen LogP contribution in [0.3, 0.4) is 0 Å². The molecule has 0 radical (unpaired) electrons. The zero-order chi connectivity index (χ0) is 12.4. The fourth-order valence-corrected chi connectivity index (χ4v) is 2.41. The van der Waals surface area contributed by atoms with Crippen LogP contribution in [-0.2, 0) is 0 Å². The molecular formula is C16H19N. The summed E-state index contributed by atoms with van der Waals surface area (Å²) in [4.78, 5) is 0. The Hall–Kier alpha value is -1.76. The molecule has 0 amide bonds. The number of benzene rings is 1. The molecule has 0 unspecified atom stereocenters. The van der Waals surface area contributed by atoms with Crippen molar-refractivity contribution in [3.63, 3.8) is 0 Å². The van der Waals surface area contributed by atoms with Crippen LogP contribution in [0.25, 0.3) is 23.1 Å². The molecular weight excluding hydrogens is 206 g/mol. The minimum Gasteiger partial charge on any atom is -0.338 e. The summed E-state index contributed by atoms with van der Waals surface area (Å²) in [5, 5.41) is 1.28. The van der Waals surface area contributed by atoms with Crippen LogP contribution in [0.5, 0.6) is 0 Å². The zero-order valence-electron chi connectivity index (χ0n) is 10.8. The van der Waals surface area contributed by atoms with Crippen LogP contribution in [0.2, 0.25) is 0 Å². The lowest BCUT2D eigenvalue weighted by Gasteiger charge is -2.12. The van der Waals surface area contributed by atoms with E-state index in [0.717, 1.165) is 0 Å². The number of hydrogen-bond acceptors (Lipinski definition) is 0. The Morgan fingerprint density at radius 3 is 2.53 bits per heavy atom. The van der Waals surface area contributed by atoms with Gasteiger partial charge < -0.3 is 4.57 Å². The lowest BCUT2D eigenvalue weighted by molar-refractivity contribution is 0.618. The van der Waals surface area contributed by atoms with E-state index in [1.807, 2.05) is 6.08 Å². The van der Waals surface area contributed by atoms with Crippen molar-refractivity contribution < 1.29 is 0 Å². The third-order valence-electron chi connectivity index (χ3n) is 3.03. The fourth-order valence-electron chi connectivity index (χ4n) is 2.41. The van der Waals surface area contributed by atoms with Gasteiger partial charge in [-0.3, -0.25) is 0 Å². The minimum absolute atomic E-state index is 0.444. The molecule has 1 heteroatoms. The second kappa shape index (κ2) is 4.62. The van der Waals surface area contributed by atoms with Crippen molar-refractivity contribution in [1.82, 2.24) is 4.57 Å². The number of nitrogens with zero attached hydrogens (tertiary/aromatic N) is 1. The number of aromatic nitrogens is 1. The van der Waals surface area contributed by atoms with Gasteiger partial charge in [0.25, 0.3) is 0 Å². The summed E-state index contributed by atoms with van der Waals surface area (Å²) < 4.78 is 2.37. The van der Waals surface area contributed by atoms with E-state index in [2.05, 4.69) is 68.3 Å². The van der Waals surface area contributed by atoms with E-state index in [0.29, 0.717) is 6.04 Å². The summed E-state index contributed by atoms with van der Waals surface area (Å²) >= 11 is 0. The first kappa shape index (κ1) is 11.7. The van der Waals surface area contributed by atoms with Crippen molar-refractivity contribution in [2.75, 3.05) is 0 Å². The van der Waals surface area contributed by atoms with Gasteiger partial charge in [-0.25, -0.2) is 0 Å². The van der Waals surface area contributed by atoms with Crippen molar-refractivity contribution in [1.29, 1.82) is 0 Å². The summed E-state index contributed by atoms with van der Waals surface area (Å²) in [6.45, 7) is 10.4. The predicted octanol–water partition coefficient (Wildman–Crippen LogP) is 4.90. The highest BCUT2D eigenvalue weighted by Gasteiger charge is 2.14. The van der Waals surface area contributed by atoms with Gasteiger partial charge in [-0.15, -0.1) is 0 Å². The third kappa shape index (κ3) is 1.82. The highest BCUT2D eigenvalue weighted by molar-refractivity contribution is 5.93. The van der Waals surface area contributed by atoms with Crippen molar-refractivity contribution in [2.24, 2.45) is 0 Å². The fraction of sp³-hybridized carbons (Fsp3) is 0.250. The molecule has 0 spiro atoms. The number of allylic oxidation sites excluding steroid dienone is 1. The van der Waals surface area contributed by atoms with Gasteiger partial charge >= 0.3 is 0 Å². The molecule has 0 atom stereocenters. The first-order valence-corrected chi connectivity index (χ1v) is 6.08. The first-order chi connectivity index (χ1) is 8.20. The van der Waals surface area contributed by atoms with E-state index in [1.54, 1.807) is 0 Å². The van der Waals surface area contributed by atoms with Gasteiger partial charge in [0, 0.05) is 28.2 Å². The molecule has 0 N–H and O–H groups in total. The molecule has 0 saturated heterocycles. The standard InChI is InChI=1S/C16H19N/c1-5-9-15-13(6-2)14-10-7-8-11-16(14)17(15)12(3)4/h5-12H,2H2,1,3-4H3/b9-5-. The predicted molar refractivity (Wildman–Crippen MR) is 77.1 cm³/mol. The number of para-hydroxylation sites is 1. The highest BCUT2D eigenvalue weighted by Crippen LogP contribution is 2.31. The van der Waals surface area contributed by atoms with E-state index in [-0.39, 0.29) is 0 Å². The van der Waals surface area contributed by atoms with Crippen LogP contribution in [0, 0.1) is 0 Å². The Bertz CT molecular complexity index is 570. The van der Waals surface area contributed by atoms with E-state index in [1.165, 1.54) is 22.2 Å². The minimum atomic E-state index is 0.444. The van der Waals surface area contributed by atoms with Gasteiger partial charge in [-0.2, -0.15) is 0 Å². The van der Waals surface area contributed by atoms with Crippen LogP contribution in [-0.4, -0.2) is 4.57 Å². The molecule has 0 aliphatic heterocycles. The van der Waals surface area contributed by atoms with E-state index >= 15 is 0 Å². The maximum Gasteiger partial charge on any atom is 0.0493 e. The van der Waals surface area contributed by atoms with Crippen molar-refractivity contribution in [3.8, 4) is 0 Å². The monoisotopic (exact) mass is 225 g/mol. The zero-order valence-corrected chi connectivity index (χ0v) is 10.8. The summed E-state index contributed by atoms with van der Waals surface area (Å²) in [6, 6.07) is 8.96. The van der Waals surface area contributed by atoms with Gasteiger partial charge in [0.1, 0.15) is 0 Å². The average Bonchev–Trinajstić information content (AvgIpc) is 2.62. The van der Waals surface area contributed by atoms with E-state index < -0.39 is 0 Å². The lowest BCUT2D eigenvalue weighted by atomic mass is 10.1. The Morgan fingerprint density at radius 2 is 1.94 bits per heavy atom. The van der Waals surface area contributed by atoms with Crippen LogP contribution >= 0.6 is 0 Å². The number of hydrogen-bond donors (Lipinski definition) is 0. The second-order valence-electron chi connectivity index (χ2n) is 4.48. The number of fused-ring (bicyclic) bond motifs is 1. The summed E-state index contributed by atoms with van der Waals surface area (Å²) in [5.41, 5.74) is 3.76. The summed E-state index contributed by atoms with van der Waals surface area (Å²) in [5.74, 6) is 0. The van der Waals surface area contributed by atoms with Crippen molar-refractivity contribution >= 4 is 23.1 Å². The van der Waals surface area contributed by atoms with Crippen LogP contribution in [0.4, 0.5) is 0 Å². The third-order valence-corrected chi connectivity index (χ3v) is 3.03. The molecule has 0 aliphatic carbocycles. The molecule has 17 heavy (non-hydrogen) atoms. The normalized spacial score (nSPS) is 11.8. The van der Waals surface area contributed by atoms with Gasteiger partial charge in [0.15, 0.2) is 0 Å². The van der Waals surface area contributed by atoms with Gasteiger partial charge in [-0.1, -0.05) is 36.9 Å². The van der Waals surface area contributed by atoms with Crippen LogP contribution in [0.15, 0.2) is 36.9 Å². The van der Waals surface area contributed by atoms with Crippen LogP contribution < -0.4 is 0 Å². The van der Waals surface area contributed by atoms with E-state index in [4.69, 9.17) is 0 Å². The molecule has 1 aromatic carbocycles. The largest absolute Gasteiger partial charge is 0.338 e. The van der Waals surface area contributed by atoms with Gasteiger partial charge in [0.2, 0.25) is 0 Å². The molecule has 0 fully saturated rings. The average molecular weight is 225 g/mol. The maximum atomic E-state index is 3.95. The SMILES string of the molecule is C=Cc1c(/C=C\C)n(C(C)C)c2ccccc12. The lowest BCUT2D eigenvalue weighted by Crippen LogP contribution is -2.02. The number of rotatable bonds is 3. The first-order valence-electron chi connectivity index (χ1n) is 6.08. The smallest absolute Gasteiger partial charge is 0.0493 e. The molecule has 0 saturated carbocycles. The van der Waals surface area contributed by atoms with E-state index in [9.17, 15) is 0 Å². The quantitative estimate of drug-likeness (QED) is 0.700. The Labute approximate surface area is 103 Å². The molecule has 0 aliphatic rings.